The van der Waals surface area contributed by atoms with Gasteiger partial charge in [-0.15, -0.1) is 0 Å². The lowest BCUT2D eigenvalue weighted by Gasteiger charge is -2.19. The van der Waals surface area contributed by atoms with Crippen LogP contribution in [0.1, 0.15) is 34.1 Å². The molecule has 4 heteroatoms. The standard InChI is InChI=1S/C12H21NO3/c1-5-8-13(9-11(15)16)10(14)6-7-12(2,3)4/h6-7H,5,8-9H2,1-4H3,(H,15,16). The van der Waals surface area contributed by atoms with Gasteiger partial charge < -0.3 is 10.0 Å². The number of carboxylic acid groups (broad SMARTS) is 1. The normalized spacial score (nSPS) is 11.8. The van der Waals surface area contributed by atoms with Crippen molar-refractivity contribution in [2.24, 2.45) is 5.41 Å². The van der Waals surface area contributed by atoms with Gasteiger partial charge in [0.05, 0.1) is 0 Å². The summed E-state index contributed by atoms with van der Waals surface area (Å²) in [6, 6.07) is 0. The van der Waals surface area contributed by atoms with Crippen molar-refractivity contribution >= 4 is 11.9 Å². The molecule has 0 radical (unpaired) electrons. The fourth-order valence-electron chi connectivity index (χ4n) is 1.13. The van der Waals surface area contributed by atoms with Crippen LogP contribution in [0.15, 0.2) is 12.2 Å². The zero-order valence-electron chi connectivity index (χ0n) is 10.5. The van der Waals surface area contributed by atoms with Gasteiger partial charge in [0, 0.05) is 6.54 Å². The molecule has 0 aromatic carbocycles. The Bertz CT molecular complexity index is 276. The van der Waals surface area contributed by atoms with Crippen LogP contribution in [-0.2, 0) is 9.59 Å². The molecule has 0 aromatic heterocycles. The van der Waals surface area contributed by atoms with Crippen molar-refractivity contribution < 1.29 is 14.7 Å². The Kier molecular flexibility index (Phi) is 5.78. The second-order valence-corrected chi connectivity index (χ2v) is 4.85. The molecule has 0 aliphatic carbocycles. The predicted octanol–water partition coefficient (Wildman–Crippen LogP) is 1.91. The zero-order valence-corrected chi connectivity index (χ0v) is 10.5. The van der Waals surface area contributed by atoms with E-state index in [1.807, 2.05) is 27.7 Å². The van der Waals surface area contributed by atoms with Gasteiger partial charge in [-0.3, -0.25) is 9.59 Å². The third-order valence-corrected chi connectivity index (χ3v) is 1.86. The molecule has 0 aliphatic heterocycles. The first-order chi connectivity index (χ1) is 7.26. The van der Waals surface area contributed by atoms with Crippen LogP contribution < -0.4 is 0 Å². The van der Waals surface area contributed by atoms with Gasteiger partial charge in [0.1, 0.15) is 6.54 Å². The van der Waals surface area contributed by atoms with Crippen LogP contribution in [0.5, 0.6) is 0 Å². The molecular weight excluding hydrogens is 206 g/mol. The number of amides is 1. The van der Waals surface area contributed by atoms with E-state index in [1.165, 1.54) is 11.0 Å². The Hall–Kier alpha value is -1.32. The SMILES string of the molecule is CCCN(CC(=O)O)C(=O)C=CC(C)(C)C. The number of carboxylic acids is 1. The minimum atomic E-state index is -0.981. The summed E-state index contributed by atoms with van der Waals surface area (Å²) in [4.78, 5) is 23.6. The molecule has 0 rings (SSSR count). The van der Waals surface area contributed by atoms with E-state index in [1.54, 1.807) is 6.08 Å². The zero-order chi connectivity index (χ0) is 12.8. The Labute approximate surface area is 96.9 Å². The Morgan fingerprint density at radius 2 is 1.88 bits per heavy atom. The summed E-state index contributed by atoms with van der Waals surface area (Å²) in [5.74, 6) is -1.22. The van der Waals surface area contributed by atoms with Gasteiger partial charge in [0.2, 0.25) is 5.91 Å². The first-order valence-corrected chi connectivity index (χ1v) is 5.46. The molecule has 0 aliphatic rings. The number of carbonyl (C=O) groups is 2. The molecule has 0 fully saturated rings. The van der Waals surface area contributed by atoms with Crippen molar-refractivity contribution in [2.45, 2.75) is 34.1 Å². The van der Waals surface area contributed by atoms with Crippen LogP contribution in [0.25, 0.3) is 0 Å². The average molecular weight is 227 g/mol. The Balaban J connectivity index is 4.50. The lowest BCUT2D eigenvalue weighted by molar-refractivity contribution is -0.142. The molecule has 92 valence electrons. The molecular formula is C12H21NO3. The molecule has 0 unspecified atom stereocenters. The second kappa shape index (κ2) is 6.30. The number of aliphatic carboxylic acids is 1. The van der Waals surface area contributed by atoms with Gasteiger partial charge in [-0.25, -0.2) is 0 Å². The van der Waals surface area contributed by atoms with Gasteiger partial charge in [0.15, 0.2) is 0 Å². The highest BCUT2D eigenvalue weighted by Crippen LogP contribution is 2.14. The molecule has 4 nitrogen and oxygen atoms in total. The molecule has 0 bridgehead atoms. The number of hydrogen-bond acceptors (Lipinski definition) is 2. The first-order valence-electron chi connectivity index (χ1n) is 5.46. The van der Waals surface area contributed by atoms with Crippen LogP contribution in [0.3, 0.4) is 0 Å². The fraction of sp³-hybridized carbons (Fsp3) is 0.667. The maximum absolute atomic E-state index is 11.7. The van der Waals surface area contributed by atoms with E-state index < -0.39 is 5.97 Å². The van der Waals surface area contributed by atoms with Crippen molar-refractivity contribution in [3.05, 3.63) is 12.2 Å². The monoisotopic (exact) mass is 227 g/mol. The van der Waals surface area contributed by atoms with E-state index in [0.29, 0.717) is 6.54 Å². The molecule has 0 heterocycles. The number of carbonyl (C=O) groups excluding carboxylic acids is 1. The van der Waals surface area contributed by atoms with Gasteiger partial charge in [-0.05, 0) is 17.9 Å². The molecule has 0 atom stereocenters. The van der Waals surface area contributed by atoms with E-state index in [0.717, 1.165) is 6.42 Å². The summed E-state index contributed by atoms with van der Waals surface area (Å²) in [5.41, 5.74) is -0.0727. The van der Waals surface area contributed by atoms with Crippen molar-refractivity contribution in [3.63, 3.8) is 0 Å². The Morgan fingerprint density at radius 1 is 1.31 bits per heavy atom. The van der Waals surface area contributed by atoms with Crippen LogP contribution in [0.4, 0.5) is 0 Å². The highest BCUT2D eigenvalue weighted by Gasteiger charge is 2.14. The number of rotatable bonds is 5. The quantitative estimate of drug-likeness (QED) is 0.730. The molecule has 0 saturated heterocycles. The third kappa shape index (κ3) is 7.04. The van der Waals surface area contributed by atoms with Crippen LogP contribution in [0, 0.1) is 5.41 Å². The van der Waals surface area contributed by atoms with Crippen LogP contribution >= 0.6 is 0 Å². The fourth-order valence-corrected chi connectivity index (χ4v) is 1.13. The smallest absolute Gasteiger partial charge is 0.323 e. The number of nitrogens with zero attached hydrogens (tertiary/aromatic N) is 1. The average Bonchev–Trinajstić information content (AvgIpc) is 2.11. The molecule has 0 aromatic rings. The van der Waals surface area contributed by atoms with E-state index in [2.05, 4.69) is 0 Å². The van der Waals surface area contributed by atoms with E-state index in [4.69, 9.17) is 5.11 Å². The lowest BCUT2D eigenvalue weighted by atomic mass is 9.96. The predicted molar refractivity (Wildman–Crippen MR) is 63.1 cm³/mol. The van der Waals surface area contributed by atoms with E-state index >= 15 is 0 Å². The van der Waals surface area contributed by atoms with E-state index in [-0.39, 0.29) is 17.9 Å². The molecule has 16 heavy (non-hydrogen) atoms. The molecule has 1 N–H and O–H groups in total. The van der Waals surface area contributed by atoms with Crippen LogP contribution in [0.2, 0.25) is 0 Å². The third-order valence-electron chi connectivity index (χ3n) is 1.86. The van der Waals surface area contributed by atoms with Crippen molar-refractivity contribution in [2.75, 3.05) is 13.1 Å². The van der Waals surface area contributed by atoms with Gasteiger partial charge in [-0.1, -0.05) is 33.8 Å². The minimum Gasteiger partial charge on any atom is -0.480 e. The topological polar surface area (TPSA) is 57.6 Å². The van der Waals surface area contributed by atoms with Gasteiger partial charge in [0.25, 0.3) is 0 Å². The van der Waals surface area contributed by atoms with Gasteiger partial charge in [-0.2, -0.15) is 0 Å². The maximum atomic E-state index is 11.7. The summed E-state index contributed by atoms with van der Waals surface area (Å²) in [6.45, 7) is 8.10. The van der Waals surface area contributed by atoms with E-state index in [9.17, 15) is 9.59 Å². The highest BCUT2D eigenvalue weighted by atomic mass is 16.4. The summed E-state index contributed by atoms with van der Waals surface area (Å²) >= 11 is 0. The summed E-state index contributed by atoms with van der Waals surface area (Å²) < 4.78 is 0. The summed E-state index contributed by atoms with van der Waals surface area (Å²) in [7, 11) is 0. The number of hydrogen-bond donors (Lipinski definition) is 1. The highest BCUT2D eigenvalue weighted by molar-refractivity contribution is 5.90. The van der Waals surface area contributed by atoms with Crippen LogP contribution in [-0.4, -0.2) is 35.0 Å². The molecule has 1 amide bonds. The minimum absolute atomic E-state index is 0.0727. The summed E-state index contributed by atoms with van der Waals surface area (Å²) in [6.07, 6.45) is 4.00. The Morgan fingerprint density at radius 3 is 2.25 bits per heavy atom. The van der Waals surface area contributed by atoms with Crippen molar-refractivity contribution in [3.8, 4) is 0 Å². The largest absolute Gasteiger partial charge is 0.480 e. The first kappa shape index (κ1) is 14.7. The maximum Gasteiger partial charge on any atom is 0.323 e. The summed E-state index contributed by atoms with van der Waals surface area (Å²) in [5, 5.41) is 8.67. The second-order valence-electron chi connectivity index (χ2n) is 4.85. The molecule has 0 saturated carbocycles. The molecule has 0 spiro atoms. The van der Waals surface area contributed by atoms with Gasteiger partial charge >= 0.3 is 5.97 Å². The number of allylic oxidation sites excluding steroid dienone is 1. The van der Waals surface area contributed by atoms with Crippen molar-refractivity contribution in [1.82, 2.24) is 4.90 Å². The van der Waals surface area contributed by atoms with Crippen molar-refractivity contribution in [1.29, 1.82) is 0 Å². The lowest BCUT2D eigenvalue weighted by Crippen LogP contribution is -2.35.